The number of rotatable bonds is 3. The standard InChI is InChI=1S/C12H13Cl2N/c1-4-12(2,3)15-8-9-5-10(13)7-11(14)6-9/h1,5-7,15H,8H2,2-3H3. The Bertz CT molecular complexity index is 371. The molecule has 1 nitrogen and oxygen atoms in total. The lowest BCUT2D eigenvalue weighted by Crippen LogP contribution is -2.36. The Hall–Kier alpha value is -0.680. The number of nitrogens with one attached hydrogen (secondary N) is 1. The maximum Gasteiger partial charge on any atom is 0.0743 e. The summed E-state index contributed by atoms with van der Waals surface area (Å²) in [6, 6.07) is 5.44. The van der Waals surface area contributed by atoms with Crippen molar-refractivity contribution in [2.45, 2.75) is 25.9 Å². The monoisotopic (exact) mass is 241 g/mol. The van der Waals surface area contributed by atoms with Gasteiger partial charge in [-0.25, -0.2) is 0 Å². The van der Waals surface area contributed by atoms with E-state index in [0.717, 1.165) is 5.56 Å². The van der Waals surface area contributed by atoms with Crippen LogP contribution in [0.4, 0.5) is 0 Å². The van der Waals surface area contributed by atoms with Crippen LogP contribution in [0.3, 0.4) is 0 Å². The molecule has 0 aromatic heterocycles. The van der Waals surface area contributed by atoms with Crippen LogP contribution in [0.5, 0.6) is 0 Å². The molecular formula is C12H13Cl2N. The lowest BCUT2D eigenvalue weighted by molar-refractivity contribution is 0.491. The first-order valence-corrected chi connectivity index (χ1v) is 5.36. The van der Waals surface area contributed by atoms with Crippen molar-refractivity contribution < 1.29 is 0 Å². The highest BCUT2D eigenvalue weighted by molar-refractivity contribution is 6.34. The van der Waals surface area contributed by atoms with E-state index in [1.54, 1.807) is 6.07 Å². The lowest BCUT2D eigenvalue weighted by atomic mass is 10.1. The quantitative estimate of drug-likeness (QED) is 0.800. The van der Waals surface area contributed by atoms with Crippen molar-refractivity contribution in [3.05, 3.63) is 33.8 Å². The first-order valence-electron chi connectivity index (χ1n) is 4.61. The molecule has 1 aromatic rings. The minimum Gasteiger partial charge on any atom is -0.298 e. The van der Waals surface area contributed by atoms with E-state index in [4.69, 9.17) is 29.6 Å². The van der Waals surface area contributed by atoms with Crippen molar-refractivity contribution >= 4 is 23.2 Å². The second-order valence-corrected chi connectivity index (χ2v) is 4.77. The first-order chi connectivity index (χ1) is 6.93. The number of terminal acetylenes is 1. The van der Waals surface area contributed by atoms with Gasteiger partial charge in [0.2, 0.25) is 0 Å². The Labute approximate surface area is 101 Å². The molecule has 0 amide bonds. The van der Waals surface area contributed by atoms with Crippen molar-refractivity contribution in [3.63, 3.8) is 0 Å². The minimum absolute atomic E-state index is 0.325. The van der Waals surface area contributed by atoms with E-state index in [-0.39, 0.29) is 5.54 Å². The molecule has 0 heterocycles. The Balaban J connectivity index is 2.71. The summed E-state index contributed by atoms with van der Waals surface area (Å²) >= 11 is 11.8. The van der Waals surface area contributed by atoms with Crippen LogP contribution in [-0.4, -0.2) is 5.54 Å². The molecule has 0 atom stereocenters. The van der Waals surface area contributed by atoms with Crippen molar-refractivity contribution in [2.75, 3.05) is 0 Å². The third-order valence-electron chi connectivity index (χ3n) is 2.02. The van der Waals surface area contributed by atoms with Gasteiger partial charge in [0.25, 0.3) is 0 Å². The SMILES string of the molecule is C#CC(C)(C)NCc1cc(Cl)cc(Cl)c1. The molecule has 0 aliphatic heterocycles. The Morgan fingerprint density at radius 3 is 2.27 bits per heavy atom. The molecule has 15 heavy (non-hydrogen) atoms. The molecule has 0 unspecified atom stereocenters. The van der Waals surface area contributed by atoms with Gasteiger partial charge in [-0.15, -0.1) is 6.42 Å². The van der Waals surface area contributed by atoms with Crippen molar-refractivity contribution in [1.29, 1.82) is 0 Å². The smallest absolute Gasteiger partial charge is 0.0743 e. The van der Waals surface area contributed by atoms with E-state index < -0.39 is 0 Å². The number of hydrogen-bond donors (Lipinski definition) is 1. The Morgan fingerprint density at radius 1 is 1.27 bits per heavy atom. The third kappa shape index (κ3) is 4.13. The van der Waals surface area contributed by atoms with E-state index in [2.05, 4.69) is 11.2 Å². The van der Waals surface area contributed by atoms with Crippen molar-refractivity contribution in [2.24, 2.45) is 0 Å². The lowest BCUT2D eigenvalue weighted by Gasteiger charge is -2.19. The summed E-state index contributed by atoms with van der Waals surface area (Å²) in [5, 5.41) is 4.50. The number of benzene rings is 1. The zero-order valence-electron chi connectivity index (χ0n) is 8.77. The van der Waals surface area contributed by atoms with E-state index >= 15 is 0 Å². The van der Waals surface area contributed by atoms with E-state index in [0.29, 0.717) is 16.6 Å². The van der Waals surface area contributed by atoms with Crippen LogP contribution in [0.2, 0.25) is 10.0 Å². The fourth-order valence-electron chi connectivity index (χ4n) is 1.09. The zero-order chi connectivity index (χ0) is 11.5. The largest absolute Gasteiger partial charge is 0.298 e. The molecule has 0 aliphatic carbocycles. The number of halogens is 2. The van der Waals surface area contributed by atoms with E-state index in [1.807, 2.05) is 26.0 Å². The second kappa shape index (κ2) is 4.90. The van der Waals surface area contributed by atoms with Gasteiger partial charge in [-0.1, -0.05) is 29.1 Å². The van der Waals surface area contributed by atoms with Gasteiger partial charge in [-0.2, -0.15) is 0 Å². The van der Waals surface area contributed by atoms with Crippen LogP contribution in [0.1, 0.15) is 19.4 Å². The van der Waals surface area contributed by atoms with Gasteiger partial charge in [0.1, 0.15) is 0 Å². The van der Waals surface area contributed by atoms with E-state index in [1.165, 1.54) is 0 Å². The van der Waals surface area contributed by atoms with Crippen LogP contribution in [-0.2, 0) is 6.54 Å². The fraction of sp³-hybridized carbons (Fsp3) is 0.333. The third-order valence-corrected chi connectivity index (χ3v) is 2.45. The van der Waals surface area contributed by atoms with Crippen molar-refractivity contribution in [3.8, 4) is 12.3 Å². The van der Waals surface area contributed by atoms with Gasteiger partial charge in [0.15, 0.2) is 0 Å². The molecule has 1 rings (SSSR count). The molecule has 0 spiro atoms. The van der Waals surface area contributed by atoms with Gasteiger partial charge < -0.3 is 0 Å². The predicted octanol–water partition coefficient (Wildman–Crippen LogP) is 3.49. The van der Waals surface area contributed by atoms with Crippen LogP contribution in [0, 0.1) is 12.3 Å². The summed E-state index contributed by atoms with van der Waals surface area (Å²) in [7, 11) is 0. The molecule has 1 N–H and O–H groups in total. The predicted molar refractivity (Wildman–Crippen MR) is 66.2 cm³/mol. The number of hydrogen-bond acceptors (Lipinski definition) is 1. The summed E-state index contributed by atoms with van der Waals surface area (Å²) in [4.78, 5) is 0. The van der Waals surface area contributed by atoms with Crippen LogP contribution in [0.25, 0.3) is 0 Å². The van der Waals surface area contributed by atoms with Gasteiger partial charge in [0.05, 0.1) is 5.54 Å². The first kappa shape index (κ1) is 12.4. The fourth-order valence-corrected chi connectivity index (χ4v) is 1.66. The molecule has 80 valence electrons. The highest BCUT2D eigenvalue weighted by atomic mass is 35.5. The molecule has 0 radical (unpaired) electrons. The average molecular weight is 242 g/mol. The minimum atomic E-state index is -0.325. The molecule has 3 heteroatoms. The van der Waals surface area contributed by atoms with Gasteiger partial charge in [-0.05, 0) is 37.6 Å². The van der Waals surface area contributed by atoms with Gasteiger partial charge in [0, 0.05) is 16.6 Å². The van der Waals surface area contributed by atoms with E-state index in [9.17, 15) is 0 Å². The van der Waals surface area contributed by atoms with Crippen molar-refractivity contribution in [1.82, 2.24) is 5.32 Å². The van der Waals surface area contributed by atoms with Gasteiger partial charge in [-0.3, -0.25) is 5.32 Å². The molecule has 0 aliphatic rings. The topological polar surface area (TPSA) is 12.0 Å². The maximum absolute atomic E-state index is 5.88. The van der Waals surface area contributed by atoms with Crippen LogP contribution < -0.4 is 5.32 Å². The second-order valence-electron chi connectivity index (χ2n) is 3.90. The summed E-state index contributed by atoms with van der Waals surface area (Å²) in [6.07, 6.45) is 5.37. The molecule has 0 fully saturated rings. The molecule has 1 aromatic carbocycles. The molecule has 0 saturated carbocycles. The molecule has 0 saturated heterocycles. The highest BCUT2D eigenvalue weighted by Gasteiger charge is 2.12. The van der Waals surface area contributed by atoms with Gasteiger partial charge >= 0.3 is 0 Å². The maximum atomic E-state index is 5.88. The normalized spacial score (nSPS) is 11.1. The summed E-state index contributed by atoms with van der Waals surface area (Å²) in [6.45, 7) is 4.54. The summed E-state index contributed by atoms with van der Waals surface area (Å²) < 4.78 is 0. The molecule has 0 bridgehead atoms. The highest BCUT2D eigenvalue weighted by Crippen LogP contribution is 2.19. The Morgan fingerprint density at radius 2 is 1.80 bits per heavy atom. The van der Waals surface area contributed by atoms with Crippen LogP contribution in [0.15, 0.2) is 18.2 Å². The summed E-state index contributed by atoms with van der Waals surface area (Å²) in [5.74, 6) is 2.66. The molecular weight excluding hydrogens is 229 g/mol. The average Bonchev–Trinajstić information content (AvgIpc) is 2.14. The summed E-state index contributed by atoms with van der Waals surface area (Å²) in [5.41, 5.74) is 0.699. The Kier molecular flexibility index (Phi) is 4.04. The van der Waals surface area contributed by atoms with Crippen LogP contribution >= 0.6 is 23.2 Å². The zero-order valence-corrected chi connectivity index (χ0v) is 10.3.